The van der Waals surface area contributed by atoms with Gasteiger partial charge in [-0.05, 0) is 44.4 Å². The minimum absolute atomic E-state index is 0.102. The summed E-state index contributed by atoms with van der Waals surface area (Å²) in [5.41, 5.74) is 0.846. The molecule has 0 N–H and O–H groups in total. The first kappa shape index (κ1) is 24.6. The number of piperazine rings is 2. The van der Waals surface area contributed by atoms with E-state index in [2.05, 4.69) is 9.80 Å². The van der Waals surface area contributed by atoms with Crippen LogP contribution >= 0.6 is 0 Å². The largest absolute Gasteiger partial charge is 0.366 e. The van der Waals surface area contributed by atoms with Gasteiger partial charge >= 0.3 is 0 Å². The zero-order chi connectivity index (χ0) is 24.1. The average molecular weight is 474 g/mol. The van der Waals surface area contributed by atoms with E-state index in [9.17, 15) is 18.8 Å². The number of ketones is 1. The van der Waals surface area contributed by atoms with Crippen LogP contribution in [0, 0.1) is 5.82 Å². The minimum atomic E-state index is -0.399. The van der Waals surface area contributed by atoms with Crippen LogP contribution < -0.4 is 4.90 Å². The van der Waals surface area contributed by atoms with Gasteiger partial charge in [-0.15, -0.1) is 0 Å². The Balaban J connectivity index is 1.18. The van der Waals surface area contributed by atoms with Crippen molar-refractivity contribution in [3.8, 4) is 0 Å². The van der Waals surface area contributed by atoms with Crippen LogP contribution in [0.25, 0.3) is 0 Å². The van der Waals surface area contributed by atoms with Gasteiger partial charge in [-0.2, -0.15) is 0 Å². The Morgan fingerprint density at radius 2 is 1.26 bits per heavy atom. The quantitative estimate of drug-likeness (QED) is 0.581. The molecule has 4 rings (SSSR count). The number of hydrogen-bond acceptors (Lipinski definition) is 6. The van der Waals surface area contributed by atoms with Crippen molar-refractivity contribution in [3.63, 3.8) is 0 Å². The van der Waals surface area contributed by atoms with Crippen molar-refractivity contribution in [1.29, 1.82) is 0 Å². The summed E-state index contributed by atoms with van der Waals surface area (Å²) < 4.78 is 14.5. The number of nitrogens with zero attached hydrogens (tertiary/aromatic N) is 5. The molecule has 0 bridgehead atoms. The topological polar surface area (TPSA) is 67.4 Å². The van der Waals surface area contributed by atoms with Crippen molar-refractivity contribution in [3.05, 3.63) is 29.6 Å². The van der Waals surface area contributed by atoms with E-state index in [1.807, 2.05) is 14.7 Å². The summed E-state index contributed by atoms with van der Waals surface area (Å²) in [6.45, 7) is 9.47. The van der Waals surface area contributed by atoms with Gasteiger partial charge in [0.15, 0.2) is 5.78 Å². The number of halogens is 1. The Morgan fingerprint density at radius 1 is 0.735 bits per heavy atom. The van der Waals surface area contributed by atoms with Crippen molar-refractivity contribution in [2.45, 2.75) is 26.2 Å². The normalized spacial score (nSPS) is 20.5. The Labute approximate surface area is 201 Å². The maximum Gasteiger partial charge on any atom is 0.236 e. The van der Waals surface area contributed by atoms with E-state index in [1.165, 1.54) is 19.4 Å². The Kier molecular flexibility index (Phi) is 8.15. The fraction of sp³-hybridized carbons (Fsp3) is 0.640. The Morgan fingerprint density at radius 3 is 1.76 bits per heavy atom. The van der Waals surface area contributed by atoms with E-state index in [4.69, 9.17) is 0 Å². The lowest BCUT2D eigenvalue weighted by Gasteiger charge is -2.39. The first-order chi connectivity index (χ1) is 16.4. The van der Waals surface area contributed by atoms with E-state index in [1.54, 1.807) is 12.1 Å². The molecule has 3 aliphatic rings. The molecule has 3 fully saturated rings. The fourth-order valence-corrected chi connectivity index (χ4v) is 5.01. The molecule has 3 heterocycles. The molecule has 9 heteroatoms. The molecule has 0 unspecified atom stereocenters. The molecule has 0 radical (unpaired) electrons. The summed E-state index contributed by atoms with van der Waals surface area (Å²) in [7, 11) is 0. The smallest absolute Gasteiger partial charge is 0.236 e. The van der Waals surface area contributed by atoms with E-state index in [0.29, 0.717) is 50.5 Å². The highest BCUT2D eigenvalue weighted by molar-refractivity contribution is 5.94. The van der Waals surface area contributed by atoms with Crippen LogP contribution in [-0.4, -0.2) is 116 Å². The van der Waals surface area contributed by atoms with Gasteiger partial charge in [0.25, 0.3) is 0 Å². The highest BCUT2D eigenvalue weighted by Gasteiger charge is 2.27. The molecule has 0 spiro atoms. The summed E-state index contributed by atoms with van der Waals surface area (Å²) in [6.07, 6.45) is 3.44. The third-order valence-electron chi connectivity index (χ3n) is 7.22. The van der Waals surface area contributed by atoms with Crippen molar-refractivity contribution in [1.82, 2.24) is 19.6 Å². The molecule has 3 aliphatic heterocycles. The lowest BCUT2D eigenvalue weighted by Crippen LogP contribution is -2.55. The lowest BCUT2D eigenvalue weighted by molar-refractivity contribution is -0.135. The van der Waals surface area contributed by atoms with Crippen LogP contribution in [0.3, 0.4) is 0 Å². The molecule has 0 atom stereocenters. The maximum absolute atomic E-state index is 14.5. The van der Waals surface area contributed by atoms with Crippen molar-refractivity contribution < 1.29 is 18.8 Å². The number of amides is 2. The molecule has 3 saturated heterocycles. The monoisotopic (exact) mass is 473 g/mol. The highest BCUT2D eigenvalue weighted by Crippen LogP contribution is 2.22. The predicted molar refractivity (Wildman–Crippen MR) is 129 cm³/mol. The molecule has 0 aliphatic carbocycles. The molecule has 1 aromatic carbocycles. The van der Waals surface area contributed by atoms with Crippen molar-refractivity contribution in [2.75, 3.05) is 83.4 Å². The minimum Gasteiger partial charge on any atom is -0.366 e. The number of rotatable bonds is 6. The van der Waals surface area contributed by atoms with Gasteiger partial charge < -0.3 is 14.7 Å². The second-order valence-corrected chi connectivity index (χ2v) is 9.58. The molecule has 8 nitrogen and oxygen atoms in total. The highest BCUT2D eigenvalue weighted by atomic mass is 19.1. The molecule has 1 aromatic rings. The van der Waals surface area contributed by atoms with E-state index in [-0.39, 0.29) is 17.6 Å². The number of anilines is 1. The Hall–Kier alpha value is -2.52. The number of carbonyl (C=O) groups excluding carboxylic acids is 3. The SMILES string of the molecule is CC(=O)c1ccc(N2CCN(C(=O)CN3CCN(CC(=O)N4CCCCC4)CC3)CC2)c(F)c1. The van der Waals surface area contributed by atoms with Crippen LogP contribution in [0.2, 0.25) is 0 Å². The predicted octanol–water partition coefficient (Wildman–Crippen LogP) is 1.31. The molecular weight excluding hydrogens is 437 g/mol. The van der Waals surface area contributed by atoms with Gasteiger partial charge in [0.05, 0.1) is 18.8 Å². The Bertz CT molecular complexity index is 889. The zero-order valence-electron chi connectivity index (χ0n) is 20.2. The van der Waals surface area contributed by atoms with Crippen LogP contribution in [0.1, 0.15) is 36.5 Å². The summed E-state index contributed by atoms with van der Waals surface area (Å²) in [6, 6.07) is 4.59. The summed E-state index contributed by atoms with van der Waals surface area (Å²) in [4.78, 5) is 46.9. The molecule has 186 valence electrons. The van der Waals surface area contributed by atoms with Crippen LogP contribution in [-0.2, 0) is 9.59 Å². The number of piperidine rings is 1. The van der Waals surface area contributed by atoms with Crippen LogP contribution in [0.15, 0.2) is 18.2 Å². The third-order valence-corrected chi connectivity index (χ3v) is 7.22. The summed E-state index contributed by atoms with van der Waals surface area (Å²) in [5.74, 6) is -0.223. The van der Waals surface area contributed by atoms with Gasteiger partial charge in [0, 0.05) is 71.0 Å². The fourth-order valence-electron chi connectivity index (χ4n) is 5.01. The second kappa shape index (κ2) is 11.3. The van der Waals surface area contributed by atoms with Gasteiger partial charge in [0.1, 0.15) is 5.82 Å². The molecule has 2 amide bonds. The summed E-state index contributed by atoms with van der Waals surface area (Å²) in [5, 5.41) is 0. The molecular formula is C25H36FN5O3. The van der Waals surface area contributed by atoms with Crippen molar-refractivity contribution in [2.24, 2.45) is 0 Å². The van der Waals surface area contributed by atoms with Gasteiger partial charge in [0.2, 0.25) is 11.8 Å². The second-order valence-electron chi connectivity index (χ2n) is 9.58. The van der Waals surface area contributed by atoms with Crippen LogP contribution in [0.4, 0.5) is 10.1 Å². The van der Waals surface area contributed by atoms with Crippen LogP contribution in [0.5, 0.6) is 0 Å². The maximum atomic E-state index is 14.5. The zero-order valence-corrected chi connectivity index (χ0v) is 20.2. The third kappa shape index (κ3) is 6.13. The first-order valence-electron chi connectivity index (χ1n) is 12.5. The average Bonchev–Trinajstić information content (AvgIpc) is 2.85. The number of benzene rings is 1. The lowest BCUT2D eigenvalue weighted by atomic mass is 10.1. The van der Waals surface area contributed by atoms with Gasteiger partial charge in [-0.1, -0.05) is 0 Å². The van der Waals surface area contributed by atoms with E-state index < -0.39 is 5.82 Å². The number of likely N-dealkylation sites (tertiary alicyclic amines) is 1. The number of hydrogen-bond donors (Lipinski definition) is 0. The number of carbonyl (C=O) groups is 3. The van der Waals surface area contributed by atoms with Gasteiger partial charge in [-0.3, -0.25) is 24.2 Å². The standard InChI is InChI=1S/C25H36FN5O3/c1-20(32)21-5-6-23(22(26)17-21)29-13-15-31(16-14-29)25(34)19-28-11-9-27(10-12-28)18-24(33)30-7-3-2-4-8-30/h5-6,17H,2-4,7-16,18-19H2,1H3. The summed E-state index contributed by atoms with van der Waals surface area (Å²) >= 11 is 0. The molecule has 34 heavy (non-hydrogen) atoms. The van der Waals surface area contributed by atoms with E-state index >= 15 is 0 Å². The molecule has 0 aromatic heterocycles. The van der Waals surface area contributed by atoms with E-state index in [0.717, 1.165) is 52.1 Å². The van der Waals surface area contributed by atoms with Crippen molar-refractivity contribution >= 4 is 23.3 Å². The first-order valence-corrected chi connectivity index (χ1v) is 12.5. The van der Waals surface area contributed by atoms with Gasteiger partial charge in [-0.25, -0.2) is 4.39 Å². The molecule has 0 saturated carbocycles. The number of Topliss-reactive ketones (excluding diaryl/α,β-unsaturated/α-hetero) is 1.